The molecule has 0 unspecified atom stereocenters. The molecule has 0 atom stereocenters. The maximum absolute atomic E-state index is 12.8. The Labute approximate surface area is 201 Å². The summed E-state index contributed by atoms with van der Waals surface area (Å²) in [4.78, 5) is 28.9. The van der Waals surface area contributed by atoms with Crippen LogP contribution in [-0.4, -0.2) is 38.8 Å². The van der Waals surface area contributed by atoms with Crippen LogP contribution in [0, 0.1) is 0 Å². The molecule has 0 saturated heterocycles. The SMILES string of the molecule is CC(C)NC(=O)c1cnc(Nc2ccc3c(c2)CN(C)C3)nc1Nc1cccc(C(C)(C)C)n1. The average Bonchev–Trinajstić information content (AvgIpc) is 3.12. The highest BCUT2D eigenvalue weighted by Crippen LogP contribution is 2.27. The van der Waals surface area contributed by atoms with Crippen molar-refractivity contribution in [3.8, 4) is 0 Å². The van der Waals surface area contributed by atoms with Gasteiger partial charge in [-0.2, -0.15) is 4.98 Å². The molecule has 4 rings (SSSR count). The van der Waals surface area contributed by atoms with Crippen molar-refractivity contribution in [1.29, 1.82) is 0 Å². The molecule has 1 aliphatic heterocycles. The summed E-state index contributed by atoms with van der Waals surface area (Å²) in [5.41, 5.74) is 4.74. The van der Waals surface area contributed by atoms with Gasteiger partial charge >= 0.3 is 0 Å². The molecule has 2 aromatic heterocycles. The van der Waals surface area contributed by atoms with Crippen molar-refractivity contribution in [2.45, 2.75) is 59.2 Å². The molecule has 1 amide bonds. The van der Waals surface area contributed by atoms with E-state index in [0.29, 0.717) is 23.1 Å². The van der Waals surface area contributed by atoms with Crippen molar-refractivity contribution < 1.29 is 4.79 Å². The number of aromatic nitrogens is 3. The van der Waals surface area contributed by atoms with E-state index < -0.39 is 0 Å². The zero-order valence-electron chi connectivity index (χ0n) is 20.7. The van der Waals surface area contributed by atoms with Gasteiger partial charge in [0.05, 0.1) is 0 Å². The lowest BCUT2D eigenvalue weighted by atomic mass is 9.92. The highest BCUT2D eigenvalue weighted by atomic mass is 16.1. The Kier molecular flexibility index (Phi) is 6.52. The molecular weight excluding hydrogens is 426 g/mol. The second-order valence-corrected chi connectivity index (χ2v) is 10.1. The Bertz CT molecular complexity index is 1200. The number of amides is 1. The number of anilines is 4. The molecule has 1 aliphatic rings. The van der Waals surface area contributed by atoms with E-state index in [4.69, 9.17) is 4.98 Å². The second-order valence-electron chi connectivity index (χ2n) is 10.1. The summed E-state index contributed by atoms with van der Waals surface area (Å²) in [5.74, 6) is 1.19. The summed E-state index contributed by atoms with van der Waals surface area (Å²) in [6.07, 6.45) is 1.55. The van der Waals surface area contributed by atoms with E-state index in [1.807, 2.05) is 38.1 Å². The Morgan fingerprint density at radius 3 is 2.53 bits per heavy atom. The molecular formula is C26H33N7O. The number of nitrogens with one attached hydrogen (secondary N) is 3. The van der Waals surface area contributed by atoms with Crippen LogP contribution in [0.4, 0.5) is 23.3 Å². The molecule has 3 N–H and O–H groups in total. The highest BCUT2D eigenvalue weighted by molar-refractivity contribution is 5.99. The summed E-state index contributed by atoms with van der Waals surface area (Å²) in [6.45, 7) is 12.1. The predicted molar refractivity (Wildman–Crippen MR) is 136 cm³/mol. The molecule has 178 valence electrons. The monoisotopic (exact) mass is 459 g/mol. The number of carbonyl (C=O) groups is 1. The fraction of sp³-hybridized carbons (Fsp3) is 0.385. The van der Waals surface area contributed by atoms with E-state index >= 15 is 0 Å². The van der Waals surface area contributed by atoms with Crippen LogP contribution in [0.25, 0.3) is 0 Å². The number of pyridine rings is 1. The van der Waals surface area contributed by atoms with Gasteiger partial charge in [-0.15, -0.1) is 0 Å². The summed E-state index contributed by atoms with van der Waals surface area (Å²) in [7, 11) is 2.11. The Morgan fingerprint density at radius 1 is 1.03 bits per heavy atom. The molecule has 0 aliphatic carbocycles. The molecule has 0 spiro atoms. The minimum atomic E-state index is -0.239. The lowest BCUT2D eigenvalue weighted by molar-refractivity contribution is 0.0943. The number of rotatable bonds is 6. The van der Waals surface area contributed by atoms with Crippen molar-refractivity contribution in [3.05, 3.63) is 65.0 Å². The van der Waals surface area contributed by atoms with Gasteiger partial charge in [0.15, 0.2) is 0 Å². The molecule has 0 fully saturated rings. The summed E-state index contributed by atoms with van der Waals surface area (Å²) in [6, 6.07) is 12.1. The van der Waals surface area contributed by atoms with Gasteiger partial charge in [0.1, 0.15) is 17.2 Å². The minimum absolute atomic E-state index is 0.00922. The van der Waals surface area contributed by atoms with Crippen molar-refractivity contribution in [3.63, 3.8) is 0 Å². The first-order valence-electron chi connectivity index (χ1n) is 11.6. The topological polar surface area (TPSA) is 95.1 Å². The van der Waals surface area contributed by atoms with Gasteiger partial charge in [-0.3, -0.25) is 9.69 Å². The number of carbonyl (C=O) groups excluding carboxylic acids is 1. The number of hydrogen-bond acceptors (Lipinski definition) is 7. The standard InChI is InChI=1S/C26H33N7O/c1-16(2)28-24(34)20-13-27-25(29-19-11-10-17-14-33(6)15-18(17)12-19)32-23(20)31-22-9-7-8-21(30-22)26(3,4)5/h7-13,16H,14-15H2,1-6H3,(H,28,34)(H2,27,29,30,31,32). The maximum atomic E-state index is 12.8. The molecule has 8 nitrogen and oxygen atoms in total. The van der Waals surface area contributed by atoms with Gasteiger partial charge < -0.3 is 16.0 Å². The fourth-order valence-corrected chi connectivity index (χ4v) is 3.86. The molecule has 3 heterocycles. The first-order valence-corrected chi connectivity index (χ1v) is 11.6. The maximum Gasteiger partial charge on any atom is 0.256 e. The van der Waals surface area contributed by atoms with E-state index in [9.17, 15) is 4.79 Å². The third-order valence-electron chi connectivity index (χ3n) is 5.56. The van der Waals surface area contributed by atoms with Crippen LogP contribution in [0.15, 0.2) is 42.6 Å². The summed E-state index contributed by atoms with van der Waals surface area (Å²) >= 11 is 0. The van der Waals surface area contributed by atoms with Crippen molar-refractivity contribution in [1.82, 2.24) is 25.2 Å². The van der Waals surface area contributed by atoms with Crippen molar-refractivity contribution >= 4 is 29.2 Å². The Balaban J connectivity index is 1.65. The largest absolute Gasteiger partial charge is 0.350 e. The van der Waals surface area contributed by atoms with Crippen LogP contribution >= 0.6 is 0 Å². The molecule has 3 aromatic rings. The Hall–Kier alpha value is -3.52. The predicted octanol–water partition coefficient (Wildman–Crippen LogP) is 4.74. The summed E-state index contributed by atoms with van der Waals surface area (Å²) < 4.78 is 0. The lowest BCUT2D eigenvalue weighted by Crippen LogP contribution is -2.31. The molecule has 0 radical (unpaired) electrons. The number of benzene rings is 1. The zero-order valence-corrected chi connectivity index (χ0v) is 20.7. The molecule has 1 aromatic carbocycles. The smallest absolute Gasteiger partial charge is 0.256 e. The van der Waals surface area contributed by atoms with E-state index in [1.54, 1.807) is 6.20 Å². The second kappa shape index (κ2) is 9.38. The van der Waals surface area contributed by atoms with E-state index in [0.717, 1.165) is 24.5 Å². The molecule has 34 heavy (non-hydrogen) atoms. The third-order valence-corrected chi connectivity index (χ3v) is 5.56. The fourth-order valence-electron chi connectivity index (χ4n) is 3.86. The minimum Gasteiger partial charge on any atom is -0.350 e. The van der Waals surface area contributed by atoms with Crippen LogP contribution < -0.4 is 16.0 Å². The van der Waals surface area contributed by atoms with Crippen molar-refractivity contribution in [2.24, 2.45) is 0 Å². The van der Waals surface area contributed by atoms with Gasteiger partial charge in [-0.05, 0) is 56.3 Å². The quantitative estimate of drug-likeness (QED) is 0.490. The van der Waals surface area contributed by atoms with Crippen LogP contribution in [0.5, 0.6) is 0 Å². The van der Waals surface area contributed by atoms with E-state index in [-0.39, 0.29) is 17.4 Å². The van der Waals surface area contributed by atoms with E-state index in [1.165, 1.54) is 11.1 Å². The van der Waals surface area contributed by atoms with Gasteiger partial charge in [0, 0.05) is 42.1 Å². The zero-order chi connectivity index (χ0) is 24.5. The Morgan fingerprint density at radius 2 is 1.79 bits per heavy atom. The van der Waals surface area contributed by atoms with Gasteiger partial charge in [0.2, 0.25) is 5.95 Å². The van der Waals surface area contributed by atoms with Crippen LogP contribution in [0.1, 0.15) is 61.8 Å². The third kappa shape index (κ3) is 5.51. The van der Waals surface area contributed by atoms with Crippen LogP contribution in [0.3, 0.4) is 0 Å². The average molecular weight is 460 g/mol. The van der Waals surface area contributed by atoms with Crippen molar-refractivity contribution in [2.75, 3.05) is 17.7 Å². The van der Waals surface area contributed by atoms with Gasteiger partial charge in [0.25, 0.3) is 5.91 Å². The van der Waals surface area contributed by atoms with Gasteiger partial charge in [-0.1, -0.05) is 32.9 Å². The van der Waals surface area contributed by atoms with Crippen LogP contribution in [-0.2, 0) is 18.5 Å². The molecule has 0 bridgehead atoms. The lowest BCUT2D eigenvalue weighted by Gasteiger charge is -2.19. The first-order chi connectivity index (χ1) is 16.1. The first kappa shape index (κ1) is 23.6. The molecule has 0 saturated carbocycles. The highest BCUT2D eigenvalue weighted by Gasteiger charge is 2.20. The normalized spacial score (nSPS) is 13.6. The number of fused-ring (bicyclic) bond motifs is 1. The van der Waals surface area contributed by atoms with Gasteiger partial charge in [-0.25, -0.2) is 9.97 Å². The number of nitrogens with zero attached hydrogens (tertiary/aromatic N) is 4. The van der Waals surface area contributed by atoms with Crippen LogP contribution in [0.2, 0.25) is 0 Å². The summed E-state index contributed by atoms with van der Waals surface area (Å²) in [5, 5.41) is 9.45. The molecule has 8 heteroatoms. The van der Waals surface area contributed by atoms with E-state index in [2.05, 4.69) is 70.8 Å². The number of hydrogen-bond donors (Lipinski definition) is 3.